The average molecular weight is 286 g/mol. The Morgan fingerprint density at radius 2 is 1.81 bits per heavy atom. The third kappa shape index (κ3) is 5.10. The summed E-state index contributed by atoms with van der Waals surface area (Å²) in [6.45, 7) is 5.10. The van der Waals surface area contributed by atoms with Crippen LogP contribution in [0.25, 0.3) is 0 Å². The first-order valence-electron chi connectivity index (χ1n) is 5.61. The largest absolute Gasteiger partial charge is 0.383 e. The van der Waals surface area contributed by atoms with Gasteiger partial charge in [0.15, 0.2) is 0 Å². The molecule has 2 unspecified atom stereocenters. The van der Waals surface area contributed by atoms with Crippen LogP contribution in [0.1, 0.15) is 19.4 Å². The van der Waals surface area contributed by atoms with E-state index in [1.54, 1.807) is 7.11 Å². The van der Waals surface area contributed by atoms with Gasteiger partial charge < -0.3 is 10.1 Å². The van der Waals surface area contributed by atoms with Crippen LogP contribution in [0.4, 0.5) is 0 Å². The first-order chi connectivity index (χ1) is 7.61. The Kier molecular flexibility index (Phi) is 6.03. The number of benzene rings is 1. The third-order valence-electron chi connectivity index (χ3n) is 2.44. The molecule has 0 aromatic heterocycles. The van der Waals surface area contributed by atoms with E-state index in [0.717, 1.165) is 17.5 Å². The predicted molar refractivity (Wildman–Crippen MR) is 71.8 cm³/mol. The minimum atomic E-state index is 0.399. The van der Waals surface area contributed by atoms with Crippen LogP contribution < -0.4 is 5.32 Å². The second-order valence-corrected chi connectivity index (χ2v) is 5.17. The molecule has 1 aromatic carbocycles. The van der Waals surface area contributed by atoms with Crippen molar-refractivity contribution in [3.63, 3.8) is 0 Å². The molecular formula is C13H20BrNO. The molecule has 0 saturated carbocycles. The molecular weight excluding hydrogens is 266 g/mol. The fraction of sp³-hybridized carbons (Fsp3) is 0.538. The minimum Gasteiger partial charge on any atom is -0.383 e. The average Bonchev–Trinajstić information content (AvgIpc) is 2.21. The molecule has 2 atom stereocenters. The molecule has 3 heteroatoms. The summed E-state index contributed by atoms with van der Waals surface area (Å²) in [5, 5.41) is 3.51. The first-order valence-corrected chi connectivity index (χ1v) is 6.40. The Labute approximate surface area is 107 Å². The van der Waals surface area contributed by atoms with Gasteiger partial charge in [0.05, 0.1) is 6.61 Å². The predicted octanol–water partition coefficient (Wildman–Crippen LogP) is 3.00. The standard InChI is InChI=1S/C13H20BrNO/c1-10(15-11(2)9-16-3)8-12-4-6-13(14)7-5-12/h4-7,10-11,15H,8-9H2,1-3H3. The van der Waals surface area contributed by atoms with Gasteiger partial charge in [-0.15, -0.1) is 0 Å². The number of hydrogen-bond donors (Lipinski definition) is 1. The zero-order valence-corrected chi connectivity index (χ0v) is 11.8. The highest BCUT2D eigenvalue weighted by Gasteiger charge is 2.07. The van der Waals surface area contributed by atoms with E-state index < -0.39 is 0 Å². The first kappa shape index (κ1) is 13.7. The van der Waals surface area contributed by atoms with Crippen molar-refractivity contribution in [3.8, 4) is 0 Å². The van der Waals surface area contributed by atoms with Crippen LogP contribution in [0.5, 0.6) is 0 Å². The van der Waals surface area contributed by atoms with Gasteiger partial charge in [-0.2, -0.15) is 0 Å². The normalized spacial score (nSPS) is 14.8. The van der Waals surface area contributed by atoms with Gasteiger partial charge in [0.2, 0.25) is 0 Å². The molecule has 0 spiro atoms. The molecule has 0 fully saturated rings. The van der Waals surface area contributed by atoms with Crippen LogP contribution in [0, 0.1) is 0 Å². The summed E-state index contributed by atoms with van der Waals surface area (Å²) in [4.78, 5) is 0. The summed E-state index contributed by atoms with van der Waals surface area (Å²) in [6, 6.07) is 9.34. The molecule has 2 nitrogen and oxygen atoms in total. The Balaban J connectivity index is 2.39. The van der Waals surface area contributed by atoms with Crippen LogP contribution in [0.15, 0.2) is 28.7 Å². The van der Waals surface area contributed by atoms with Crippen LogP contribution in [-0.2, 0) is 11.2 Å². The van der Waals surface area contributed by atoms with E-state index in [-0.39, 0.29) is 0 Å². The molecule has 0 aliphatic rings. The van der Waals surface area contributed by atoms with Gasteiger partial charge in [0.1, 0.15) is 0 Å². The van der Waals surface area contributed by atoms with Crippen LogP contribution >= 0.6 is 15.9 Å². The SMILES string of the molecule is COCC(C)NC(C)Cc1ccc(Br)cc1. The number of halogens is 1. The summed E-state index contributed by atoms with van der Waals surface area (Å²) in [7, 11) is 1.73. The number of ether oxygens (including phenoxy) is 1. The van der Waals surface area contributed by atoms with Crippen LogP contribution in [-0.4, -0.2) is 25.8 Å². The van der Waals surface area contributed by atoms with Gasteiger partial charge in [-0.25, -0.2) is 0 Å². The summed E-state index contributed by atoms with van der Waals surface area (Å²) in [5.74, 6) is 0. The van der Waals surface area contributed by atoms with Crippen molar-refractivity contribution in [1.82, 2.24) is 5.32 Å². The molecule has 90 valence electrons. The fourth-order valence-electron chi connectivity index (χ4n) is 1.82. The molecule has 16 heavy (non-hydrogen) atoms. The monoisotopic (exact) mass is 285 g/mol. The molecule has 0 heterocycles. The summed E-state index contributed by atoms with van der Waals surface area (Å²) in [5.41, 5.74) is 1.35. The van der Waals surface area contributed by atoms with Crippen molar-refractivity contribution < 1.29 is 4.74 Å². The molecule has 0 amide bonds. The van der Waals surface area contributed by atoms with Gasteiger partial charge in [0.25, 0.3) is 0 Å². The second-order valence-electron chi connectivity index (χ2n) is 4.25. The lowest BCUT2D eigenvalue weighted by atomic mass is 10.1. The van der Waals surface area contributed by atoms with E-state index >= 15 is 0 Å². The zero-order chi connectivity index (χ0) is 12.0. The number of nitrogens with one attached hydrogen (secondary N) is 1. The lowest BCUT2D eigenvalue weighted by Gasteiger charge is -2.19. The van der Waals surface area contributed by atoms with E-state index in [4.69, 9.17) is 4.74 Å². The van der Waals surface area contributed by atoms with E-state index in [2.05, 4.69) is 59.4 Å². The van der Waals surface area contributed by atoms with E-state index in [0.29, 0.717) is 12.1 Å². The zero-order valence-electron chi connectivity index (χ0n) is 10.2. The Bertz CT molecular complexity index is 299. The highest BCUT2D eigenvalue weighted by atomic mass is 79.9. The number of rotatable bonds is 6. The molecule has 1 rings (SSSR count). The molecule has 0 saturated heterocycles. The van der Waals surface area contributed by atoms with Gasteiger partial charge in [0, 0.05) is 23.7 Å². The van der Waals surface area contributed by atoms with Crippen molar-refractivity contribution in [2.24, 2.45) is 0 Å². The molecule has 1 aromatic rings. The molecule has 0 bridgehead atoms. The van der Waals surface area contributed by atoms with Crippen LogP contribution in [0.2, 0.25) is 0 Å². The lowest BCUT2D eigenvalue weighted by molar-refractivity contribution is 0.167. The van der Waals surface area contributed by atoms with E-state index in [1.165, 1.54) is 5.56 Å². The molecule has 0 radical (unpaired) electrons. The van der Waals surface area contributed by atoms with Gasteiger partial charge in [-0.05, 0) is 38.0 Å². The smallest absolute Gasteiger partial charge is 0.0613 e. The highest BCUT2D eigenvalue weighted by molar-refractivity contribution is 9.10. The van der Waals surface area contributed by atoms with Crippen molar-refractivity contribution in [3.05, 3.63) is 34.3 Å². The summed E-state index contributed by atoms with van der Waals surface area (Å²) >= 11 is 3.44. The van der Waals surface area contributed by atoms with Crippen LogP contribution in [0.3, 0.4) is 0 Å². The van der Waals surface area contributed by atoms with E-state index in [9.17, 15) is 0 Å². The molecule has 1 N–H and O–H groups in total. The van der Waals surface area contributed by atoms with E-state index in [1.807, 2.05) is 0 Å². The Hall–Kier alpha value is -0.380. The highest BCUT2D eigenvalue weighted by Crippen LogP contribution is 2.11. The quantitative estimate of drug-likeness (QED) is 0.868. The number of hydrogen-bond acceptors (Lipinski definition) is 2. The van der Waals surface area contributed by atoms with Gasteiger partial charge in [-0.3, -0.25) is 0 Å². The van der Waals surface area contributed by atoms with Crippen molar-refractivity contribution in [2.75, 3.05) is 13.7 Å². The maximum absolute atomic E-state index is 5.10. The minimum absolute atomic E-state index is 0.399. The maximum atomic E-state index is 5.10. The fourth-order valence-corrected chi connectivity index (χ4v) is 2.08. The topological polar surface area (TPSA) is 21.3 Å². The lowest BCUT2D eigenvalue weighted by Crippen LogP contribution is -2.38. The number of methoxy groups -OCH3 is 1. The third-order valence-corrected chi connectivity index (χ3v) is 2.97. The Morgan fingerprint density at radius 3 is 2.38 bits per heavy atom. The second kappa shape index (κ2) is 7.05. The van der Waals surface area contributed by atoms with Crippen molar-refractivity contribution in [1.29, 1.82) is 0 Å². The molecule has 0 aliphatic heterocycles. The van der Waals surface area contributed by atoms with Gasteiger partial charge in [-0.1, -0.05) is 28.1 Å². The summed E-state index contributed by atoms with van der Waals surface area (Å²) in [6.07, 6.45) is 1.04. The van der Waals surface area contributed by atoms with Crippen molar-refractivity contribution in [2.45, 2.75) is 32.4 Å². The molecule has 0 aliphatic carbocycles. The summed E-state index contributed by atoms with van der Waals surface area (Å²) < 4.78 is 6.23. The van der Waals surface area contributed by atoms with Crippen molar-refractivity contribution >= 4 is 15.9 Å². The Morgan fingerprint density at radius 1 is 1.19 bits per heavy atom. The van der Waals surface area contributed by atoms with Gasteiger partial charge >= 0.3 is 0 Å². The maximum Gasteiger partial charge on any atom is 0.0613 e.